The second-order valence-electron chi connectivity index (χ2n) is 10.5. The third-order valence-corrected chi connectivity index (χ3v) is 7.71. The van der Waals surface area contributed by atoms with Crippen LogP contribution in [0.15, 0.2) is 66.9 Å². The Labute approximate surface area is 234 Å². The molecule has 0 atom stereocenters. The van der Waals surface area contributed by atoms with Crippen LogP contribution in [-0.4, -0.2) is 51.6 Å². The van der Waals surface area contributed by atoms with Gasteiger partial charge in [-0.15, -0.1) is 0 Å². The van der Waals surface area contributed by atoms with E-state index in [0.717, 1.165) is 33.7 Å². The number of nitrogens with zero attached hydrogens (tertiary/aromatic N) is 3. The van der Waals surface area contributed by atoms with Crippen LogP contribution >= 0.6 is 0 Å². The molecule has 0 radical (unpaired) electrons. The maximum Gasteiger partial charge on any atom is 0.309 e. The first-order valence-electron chi connectivity index (χ1n) is 14.0. The summed E-state index contributed by atoms with van der Waals surface area (Å²) in [6, 6.07) is 19.9. The molecular weight excluding hydrogens is 502 g/mol. The topological polar surface area (TPSA) is 81.0 Å². The van der Waals surface area contributed by atoms with Crippen molar-refractivity contribution >= 4 is 23.3 Å². The minimum Gasteiger partial charge on any atom is -0.466 e. The number of esters is 1. The molecule has 1 amide bonds. The molecule has 0 saturated carbocycles. The van der Waals surface area contributed by atoms with Crippen molar-refractivity contribution in [2.45, 2.75) is 46.5 Å². The normalized spacial score (nSPS) is 13.9. The number of imidazole rings is 1. The van der Waals surface area contributed by atoms with Crippen LogP contribution in [0.25, 0.3) is 28.0 Å². The number of carbonyl (C=O) groups is 3. The summed E-state index contributed by atoms with van der Waals surface area (Å²) in [6.07, 6.45) is 4.23. The van der Waals surface area contributed by atoms with Gasteiger partial charge in [-0.3, -0.25) is 14.4 Å². The third-order valence-electron chi connectivity index (χ3n) is 7.71. The number of Topliss-reactive ketones (excluding diaryl/α,β-unsaturated/α-hetero) is 1. The Kier molecular flexibility index (Phi) is 8.10. The minimum absolute atomic E-state index is 0.0384. The van der Waals surface area contributed by atoms with Gasteiger partial charge in [0.15, 0.2) is 5.78 Å². The lowest BCUT2D eigenvalue weighted by Crippen LogP contribution is -2.40. The van der Waals surface area contributed by atoms with Crippen molar-refractivity contribution in [2.75, 3.05) is 19.7 Å². The van der Waals surface area contributed by atoms with Crippen LogP contribution in [-0.2, 0) is 20.7 Å². The number of aromatic nitrogens is 2. The van der Waals surface area contributed by atoms with Gasteiger partial charge in [0.05, 0.1) is 23.9 Å². The number of carbonyl (C=O) groups excluding carboxylic acids is 3. The van der Waals surface area contributed by atoms with Crippen LogP contribution in [0.1, 0.15) is 54.7 Å². The fourth-order valence-electron chi connectivity index (χ4n) is 5.35. The smallest absolute Gasteiger partial charge is 0.309 e. The quantitative estimate of drug-likeness (QED) is 0.206. The van der Waals surface area contributed by atoms with Crippen LogP contribution in [0, 0.1) is 12.8 Å². The highest BCUT2D eigenvalue weighted by atomic mass is 16.5. The first-order valence-corrected chi connectivity index (χ1v) is 14.0. The number of amides is 1. The van der Waals surface area contributed by atoms with Gasteiger partial charge in [-0.1, -0.05) is 54.1 Å². The van der Waals surface area contributed by atoms with Gasteiger partial charge in [0.2, 0.25) is 5.91 Å². The van der Waals surface area contributed by atoms with E-state index in [1.54, 1.807) is 6.92 Å². The maximum absolute atomic E-state index is 13.3. The molecular formula is C33H35N3O4. The summed E-state index contributed by atoms with van der Waals surface area (Å²) in [5, 5.41) is 0. The second-order valence-corrected chi connectivity index (χ2v) is 10.5. The average molecular weight is 538 g/mol. The number of hydrogen-bond acceptors (Lipinski definition) is 5. The molecule has 3 heterocycles. The van der Waals surface area contributed by atoms with Gasteiger partial charge in [0, 0.05) is 36.8 Å². The molecule has 7 nitrogen and oxygen atoms in total. The van der Waals surface area contributed by atoms with Gasteiger partial charge in [0.1, 0.15) is 5.65 Å². The number of ether oxygens (including phenoxy) is 1. The predicted molar refractivity (Wildman–Crippen MR) is 155 cm³/mol. The number of aryl methyl sites for hydroxylation is 2. The van der Waals surface area contributed by atoms with E-state index in [1.165, 1.54) is 5.56 Å². The maximum atomic E-state index is 13.3. The molecule has 1 aliphatic rings. The number of pyridine rings is 1. The van der Waals surface area contributed by atoms with Crippen LogP contribution < -0.4 is 0 Å². The first kappa shape index (κ1) is 27.3. The highest BCUT2D eigenvalue weighted by Gasteiger charge is 2.28. The molecule has 1 aliphatic heterocycles. The summed E-state index contributed by atoms with van der Waals surface area (Å²) in [6.45, 7) is 6.96. The van der Waals surface area contributed by atoms with Gasteiger partial charge in [0.25, 0.3) is 0 Å². The third kappa shape index (κ3) is 5.83. The monoisotopic (exact) mass is 537 g/mol. The lowest BCUT2D eigenvalue weighted by molar-refractivity contribution is -0.151. The number of fused-ring (bicyclic) bond motifs is 1. The summed E-state index contributed by atoms with van der Waals surface area (Å²) in [5.41, 5.74) is 7.55. The van der Waals surface area contributed by atoms with Crippen LogP contribution in [0.3, 0.4) is 0 Å². The van der Waals surface area contributed by atoms with Crippen LogP contribution in [0.5, 0.6) is 0 Å². The molecule has 206 valence electrons. The molecule has 2 aromatic carbocycles. The predicted octanol–water partition coefficient (Wildman–Crippen LogP) is 5.91. The number of piperidine rings is 1. The zero-order chi connectivity index (χ0) is 28.2. The highest BCUT2D eigenvalue weighted by molar-refractivity contribution is 5.94. The van der Waals surface area contributed by atoms with E-state index in [4.69, 9.17) is 9.72 Å². The van der Waals surface area contributed by atoms with Crippen molar-refractivity contribution < 1.29 is 19.1 Å². The Morgan fingerprint density at radius 2 is 1.55 bits per heavy atom. The van der Waals surface area contributed by atoms with Crippen molar-refractivity contribution in [1.29, 1.82) is 0 Å². The van der Waals surface area contributed by atoms with Gasteiger partial charge < -0.3 is 14.0 Å². The van der Waals surface area contributed by atoms with Crippen molar-refractivity contribution in [3.8, 4) is 22.4 Å². The molecule has 0 bridgehead atoms. The Morgan fingerprint density at radius 1 is 0.900 bits per heavy atom. The highest BCUT2D eigenvalue weighted by Crippen LogP contribution is 2.29. The Balaban J connectivity index is 1.41. The summed E-state index contributed by atoms with van der Waals surface area (Å²) in [7, 11) is 0. The summed E-state index contributed by atoms with van der Waals surface area (Å²) in [4.78, 5) is 43.9. The van der Waals surface area contributed by atoms with Gasteiger partial charge >= 0.3 is 5.97 Å². The fraction of sp³-hybridized carbons (Fsp3) is 0.333. The molecule has 2 aromatic heterocycles. The molecule has 0 spiro atoms. The molecule has 0 N–H and O–H groups in total. The summed E-state index contributed by atoms with van der Waals surface area (Å²) >= 11 is 0. The number of likely N-dealkylation sites (tertiary alicyclic amines) is 1. The average Bonchev–Trinajstić information content (AvgIpc) is 3.34. The molecule has 5 rings (SSSR count). The Bertz CT molecular complexity index is 1530. The minimum atomic E-state index is -0.158. The van der Waals surface area contributed by atoms with Crippen molar-refractivity contribution in [2.24, 2.45) is 5.92 Å². The SMILES string of the molecule is CCOC(=O)C1CCN(C(=O)CCc2c(-c3ccc(C)cc3)nc3ccc(-c4ccc(C(C)=O)cc4)cn23)CC1. The molecule has 40 heavy (non-hydrogen) atoms. The van der Waals surface area contributed by atoms with E-state index in [1.807, 2.05) is 48.2 Å². The summed E-state index contributed by atoms with van der Waals surface area (Å²) < 4.78 is 7.25. The van der Waals surface area contributed by atoms with E-state index in [9.17, 15) is 14.4 Å². The number of ketones is 1. The summed E-state index contributed by atoms with van der Waals surface area (Å²) in [5.74, 6) is -0.159. The van der Waals surface area contributed by atoms with Crippen molar-refractivity contribution in [3.05, 3.63) is 83.7 Å². The van der Waals surface area contributed by atoms with E-state index in [0.29, 0.717) is 50.9 Å². The van der Waals surface area contributed by atoms with Crippen molar-refractivity contribution in [1.82, 2.24) is 14.3 Å². The fourth-order valence-corrected chi connectivity index (χ4v) is 5.35. The van der Waals surface area contributed by atoms with Crippen LogP contribution in [0.2, 0.25) is 0 Å². The van der Waals surface area contributed by atoms with Crippen LogP contribution in [0.4, 0.5) is 0 Å². The molecule has 7 heteroatoms. The Hall–Kier alpha value is -4.26. The number of hydrogen-bond donors (Lipinski definition) is 0. The second kappa shape index (κ2) is 11.9. The van der Waals surface area contributed by atoms with E-state index in [2.05, 4.69) is 41.8 Å². The van der Waals surface area contributed by atoms with Gasteiger partial charge in [-0.05, 0) is 63.3 Å². The van der Waals surface area contributed by atoms with Gasteiger partial charge in [-0.2, -0.15) is 0 Å². The lowest BCUT2D eigenvalue weighted by atomic mass is 9.96. The van der Waals surface area contributed by atoms with Crippen molar-refractivity contribution in [3.63, 3.8) is 0 Å². The Morgan fingerprint density at radius 3 is 2.20 bits per heavy atom. The number of rotatable bonds is 8. The zero-order valence-electron chi connectivity index (χ0n) is 23.4. The molecule has 1 saturated heterocycles. The molecule has 0 aliphatic carbocycles. The lowest BCUT2D eigenvalue weighted by Gasteiger charge is -2.31. The van der Waals surface area contributed by atoms with E-state index < -0.39 is 0 Å². The standard InChI is InChI=1S/C33H35N3O4/c1-4-40-33(39)27-17-19-35(20-18-27)31(38)16-14-29-32(26-7-5-22(2)6-8-26)34-30-15-13-28(21-36(29)30)25-11-9-24(10-12-25)23(3)37/h5-13,15,21,27H,4,14,16-20H2,1-3H3. The largest absolute Gasteiger partial charge is 0.466 e. The first-order chi connectivity index (χ1) is 19.3. The zero-order valence-corrected chi connectivity index (χ0v) is 23.4. The molecule has 1 fully saturated rings. The number of benzene rings is 2. The van der Waals surface area contributed by atoms with E-state index >= 15 is 0 Å². The molecule has 0 unspecified atom stereocenters. The van der Waals surface area contributed by atoms with E-state index in [-0.39, 0.29) is 23.6 Å². The van der Waals surface area contributed by atoms with Gasteiger partial charge in [-0.25, -0.2) is 4.98 Å². The molecule has 4 aromatic rings.